The Morgan fingerprint density at radius 2 is 2.16 bits per heavy atom. The number of rotatable bonds is 6. The molecule has 5 heteroatoms. The fraction of sp³-hybridized carbons (Fsp3) is 0.500. The van der Waals surface area contributed by atoms with Crippen molar-refractivity contribution in [3.63, 3.8) is 0 Å². The zero-order valence-electron chi connectivity index (χ0n) is 11.9. The maximum Gasteiger partial charge on any atom is 0.251 e. The van der Waals surface area contributed by atoms with Crippen molar-refractivity contribution in [2.24, 2.45) is 0 Å². The molecule has 0 aliphatic carbocycles. The maximum absolute atomic E-state index is 12.0. The number of ether oxygens (including phenoxy) is 1. The molecule has 1 aromatic rings. The number of carbonyl (C=O) groups is 1. The van der Waals surface area contributed by atoms with Gasteiger partial charge in [0.1, 0.15) is 5.75 Å². The molecular formula is C14H22N2O3. The van der Waals surface area contributed by atoms with E-state index in [1.807, 2.05) is 19.0 Å². The predicted octanol–water partition coefficient (Wildman–Crippen LogP) is 0.738. The van der Waals surface area contributed by atoms with Crippen LogP contribution in [0, 0.1) is 0 Å². The van der Waals surface area contributed by atoms with E-state index >= 15 is 0 Å². The Morgan fingerprint density at radius 3 is 2.74 bits per heavy atom. The van der Waals surface area contributed by atoms with E-state index in [0.717, 1.165) is 0 Å². The molecule has 0 spiro atoms. The maximum atomic E-state index is 12.0. The van der Waals surface area contributed by atoms with Crippen LogP contribution < -0.4 is 10.1 Å². The molecule has 0 saturated carbocycles. The van der Waals surface area contributed by atoms with Crippen LogP contribution >= 0.6 is 0 Å². The highest BCUT2D eigenvalue weighted by atomic mass is 16.5. The van der Waals surface area contributed by atoms with Crippen molar-refractivity contribution in [1.82, 2.24) is 10.2 Å². The summed E-state index contributed by atoms with van der Waals surface area (Å²) >= 11 is 0. The number of hydrogen-bond acceptors (Lipinski definition) is 4. The summed E-state index contributed by atoms with van der Waals surface area (Å²) in [7, 11) is 5.30. The van der Waals surface area contributed by atoms with E-state index < -0.39 is 5.60 Å². The molecule has 0 aliphatic heterocycles. The summed E-state index contributed by atoms with van der Waals surface area (Å²) in [5, 5.41) is 12.8. The molecule has 0 radical (unpaired) electrons. The first-order valence-electron chi connectivity index (χ1n) is 6.13. The van der Waals surface area contributed by atoms with Crippen LogP contribution in [0.5, 0.6) is 5.75 Å². The number of nitrogens with zero attached hydrogens (tertiary/aromatic N) is 1. The molecule has 0 aromatic heterocycles. The van der Waals surface area contributed by atoms with Crippen LogP contribution in [-0.4, -0.2) is 55.8 Å². The van der Waals surface area contributed by atoms with Crippen LogP contribution in [0.1, 0.15) is 17.3 Å². The Hall–Kier alpha value is -1.59. The van der Waals surface area contributed by atoms with Gasteiger partial charge >= 0.3 is 0 Å². The second kappa shape index (κ2) is 6.54. The molecule has 2 N–H and O–H groups in total. The molecule has 106 valence electrons. The Balaban J connectivity index is 2.60. The van der Waals surface area contributed by atoms with Gasteiger partial charge in [0.15, 0.2) is 0 Å². The highest BCUT2D eigenvalue weighted by Crippen LogP contribution is 2.12. The SMILES string of the molecule is COc1cccc(C(=O)NCC(C)(O)CN(C)C)c1. The number of aliphatic hydroxyl groups is 1. The minimum absolute atomic E-state index is 0.196. The van der Waals surface area contributed by atoms with Crippen molar-refractivity contribution >= 4 is 5.91 Å². The molecule has 1 rings (SSSR count). The van der Waals surface area contributed by atoms with E-state index in [1.54, 1.807) is 38.3 Å². The molecule has 0 saturated heterocycles. The molecule has 0 bridgehead atoms. The second-order valence-electron chi connectivity index (χ2n) is 5.15. The lowest BCUT2D eigenvalue weighted by molar-refractivity contribution is 0.0326. The number of carbonyl (C=O) groups excluding carboxylic acids is 1. The Bertz CT molecular complexity index is 430. The summed E-state index contributed by atoms with van der Waals surface area (Å²) in [6.07, 6.45) is 0. The van der Waals surface area contributed by atoms with Crippen LogP contribution in [0.25, 0.3) is 0 Å². The number of nitrogens with one attached hydrogen (secondary N) is 1. The normalized spacial score (nSPS) is 14.0. The highest BCUT2D eigenvalue weighted by Gasteiger charge is 2.22. The molecule has 1 unspecified atom stereocenters. The van der Waals surface area contributed by atoms with Gasteiger partial charge < -0.3 is 20.1 Å². The Morgan fingerprint density at radius 1 is 1.47 bits per heavy atom. The first-order valence-corrected chi connectivity index (χ1v) is 6.13. The fourth-order valence-corrected chi connectivity index (χ4v) is 1.87. The van der Waals surface area contributed by atoms with Crippen molar-refractivity contribution in [1.29, 1.82) is 0 Å². The molecular weight excluding hydrogens is 244 g/mol. The lowest BCUT2D eigenvalue weighted by Crippen LogP contribution is -2.47. The standard InChI is InChI=1S/C14H22N2O3/c1-14(18,10-16(2)3)9-15-13(17)11-6-5-7-12(8-11)19-4/h5-8,18H,9-10H2,1-4H3,(H,15,17). The van der Waals surface area contributed by atoms with Crippen molar-refractivity contribution in [3.05, 3.63) is 29.8 Å². The third-order valence-electron chi connectivity index (χ3n) is 2.62. The van der Waals surface area contributed by atoms with Gasteiger partial charge in [0.05, 0.1) is 12.7 Å². The molecule has 0 aliphatic rings. The third-order valence-corrected chi connectivity index (χ3v) is 2.62. The lowest BCUT2D eigenvalue weighted by atomic mass is 10.1. The minimum atomic E-state index is -0.960. The van der Waals surface area contributed by atoms with E-state index in [1.165, 1.54) is 0 Å². The molecule has 5 nitrogen and oxygen atoms in total. The first kappa shape index (κ1) is 15.5. The van der Waals surface area contributed by atoms with E-state index in [2.05, 4.69) is 5.32 Å². The smallest absolute Gasteiger partial charge is 0.251 e. The summed E-state index contributed by atoms with van der Waals surface area (Å²) in [4.78, 5) is 13.8. The van der Waals surface area contributed by atoms with Crippen LogP contribution in [0.4, 0.5) is 0 Å². The molecule has 19 heavy (non-hydrogen) atoms. The van der Waals surface area contributed by atoms with Gasteiger partial charge in [-0.1, -0.05) is 6.07 Å². The van der Waals surface area contributed by atoms with Gasteiger partial charge in [-0.15, -0.1) is 0 Å². The van der Waals surface area contributed by atoms with Gasteiger partial charge in [0, 0.05) is 18.7 Å². The monoisotopic (exact) mass is 266 g/mol. The quantitative estimate of drug-likeness (QED) is 0.797. The molecule has 1 atom stereocenters. The number of benzene rings is 1. The number of amides is 1. The second-order valence-corrected chi connectivity index (χ2v) is 5.15. The summed E-state index contributed by atoms with van der Waals surface area (Å²) in [5.41, 5.74) is -0.446. The van der Waals surface area contributed by atoms with Crippen molar-refractivity contribution < 1.29 is 14.6 Å². The van der Waals surface area contributed by atoms with Gasteiger partial charge in [-0.2, -0.15) is 0 Å². The van der Waals surface area contributed by atoms with Gasteiger partial charge in [0.25, 0.3) is 5.91 Å². The van der Waals surface area contributed by atoms with Crippen molar-refractivity contribution in [2.45, 2.75) is 12.5 Å². The van der Waals surface area contributed by atoms with Crippen LogP contribution in [-0.2, 0) is 0 Å². The topological polar surface area (TPSA) is 61.8 Å². The Kier molecular flexibility index (Phi) is 5.32. The van der Waals surface area contributed by atoms with Crippen LogP contribution in [0.2, 0.25) is 0 Å². The number of methoxy groups -OCH3 is 1. The highest BCUT2D eigenvalue weighted by molar-refractivity contribution is 5.94. The largest absolute Gasteiger partial charge is 0.497 e. The molecule has 1 amide bonds. The van der Waals surface area contributed by atoms with E-state index in [4.69, 9.17) is 4.74 Å². The Labute approximate surface area is 114 Å². The zero-order chi connectivity index (χ0) is 14.5. The van der Waals surface area contributed by atoms with Gasteiger partial charge in [-0.3, -0.25) is 4.79 Å². The predicted molar refractivity (Wildman–Crippen MR) is 74.5 cm³/mol. The number of likely N-dealkylation sites (N-methyl/N-ethyl adjacent to an activating group) is 1. The summed E-state index contributed by atoms with van der Waals surface area (Å²) in [5.74, 6) is 0.408. The van der Waals surface area contributed by atoms with Gasteiger partial charge in [-0.25, -0.2) is 0 Å². The summed E-state index contributed by atoms with van der Waals surface area (Å²) in [6, 6.07) is 6.90. The van der Waals surface area contributed by atoms with Gasteiger partial charge in [-0.05, 0) is 39.2 Å². The lowest BCUT2D eigenvalue weighted by Gasteiger charge is -2.27. The molecule has 1 aromatic carbocycles. The number of hydrogen-bond donors (Lipinski definition) is 2. The fourth-order valence-electron chi connectivity index (χ4n) is 1.87. The van der Waals surface area contributed by atoms with Crippen molar-refractivity contribution in [2.75, 3.05) is 34.3 Å². The molecule has 0 heterocycles. The van der Waals surface area contributed by atoms with Crippen molar-refractivity contribution in [3.8, 4) is 5.75 Å². The average Bonchev–Trinajstić information content (AvgIpc) is 2.34. The molecule has 0 fully saturated rings. The zero-order valence-corrected chi connectivity index (χ0v) is 11.9. The average molecular weight is 266 g/mol. The third kappa shape index (κ3) is 5.28. The van der Waals surface area contributed by atoms with E-state index in [9.17, 15) is 9.90 Å². The van der Waals surface area contributed by atoms with E-state index in [-0.39, 0.29) is 12.5 Å². The summed E-state index contributed by atoms with van der Waals surface area (Å²) in [6.45, 7) is 2.37. The summed E-state index contributed by atoms with van der Waals surface area (Å²) < 4.78 is 5.07. The van der Waals surface area contributed by atoms with Crippen LogP contribution in [0.3, 0.4) is 0 Å². The minimum Gasteiger partial charge on any atom is -0.497 e. The van der Waals surface area contributed by atoms with Gasteiger partial charge in [0.2, 0.25) is 0 Å². The first-order chi connectivity index (χ1) is 8.84. The van der Waals surface area contributed by atoms with E-state index in [0.29, 0.717) is 17.9 Å². The van der Waals surface area contributed by atoms with Crippen LogP contribution in [0.15, 0.2) is 24.3 Å².